The van der Waals surface area contributed by atoms with Gasteiger partial charge in [0.05, 0.1) is 11.9 Å². The Morgan fingerprint density at radius 2 is 1.83 bits per heavy atom. The molecule has 0 radical (unpaired) electrons. The summed E-state index contributed by atoms with van der Waals surface area (Å²) < 4.78 is 37.1. The van der Waals surface area contributed by atoms with Crippen LogP contribution in [0, 0.1) is 0 Å². The van der Waals surface area contributed by atoms with Crippen LogP contribution in [0.25, 0.3) is 0 Å². The first kappa shape index (κ1) is 16.8. The SMILES string of the molecule is O=S(=O)(Cc1ccccc1)NCCC(O)c1ccc2c(c1)OCO2. The van der Waals surface area contributed by atoms with Gasteiger partial charge in [0.25, 0.3) is 0 Å². The number of benzene rings is 2. The van der Waals surface area contributed by atoms with Gasteiger partial charge in [-0.15, -0.1) is 0 Å². The lowest BCUT2D eigenvalue weighted by atomic mass is 10.1. The van der Waals surface area contributed by atoms with E-state index in [1.165, 1.54) is 0 Å². The predicted molar refractivity (Wildman–Crippen MR) is 89.2 cm³/mol. The van der Waals surface area contributed by atoms with E-state index in [0.29, 0.717) is 17.1 Å². The topological polar surface area (TPSA) is 84.9 Å². The molecule has 2 N–H and O–H groups in total. The number of sulfonamides is 1. The molecule has 7 heteroatoms. The van der Waals surface area contributed by atoms with E-state index in [1.807, 2.05) is 6.07 Å². The zero-order valence-electron chi connectivity index (χ0n) is 13.0. The lowest BCUT2D eigenvalue weighted by Crippen LogP contribution is -2.27. The number of fused-ring (bicyclic) bond motifs is 1. The van der Waals surface area contributed by atoms with Crippen molar-refractivity contribution in [3.8, 4) is 11.5 Å². The van der Waals surface area contributed by atoms with Gasteiger partial charge in [-0.25, -0.2) is 13.1 Å². The number of hydrogen-bond donors (Lipinski definition) is 2. The second kappa shape index (κ2) is 7.21. The molecule has 1 heterocycles. The summed E-state index contributed by atoms with van der Waals surface area (Å²) in [6.07, 6.45) is -0.507. The quantitative estimate of drug-likeness (QED) is 0.798. The minimum atomic E-state index is -3.43. The van der Waals surface area contributed by atoms with Gasteiger partial charge in [-0.05, 0) is 29.7 Å². The van der Waals surface area contributed by atoms with Gasteiger partial charge in [-0.1, -0.05) is 36.4 Å². The number of hydrogen-bond acceptors (Lipinski definition) is 5. The highest BCUT2D eigenvalue weighted by Crippen LogP contribution is 2.34. The smallest absolute Gasteiger partial charge is 0.231 e. The van der Waals surface area contributed by atoms with Crippen molar-refractivity contribution in [1.29, 1.82) is 0 Å². The average molecular weight is 349 g/mol. The summed E-state index contributed by atoms with van der Waals surface area (Å²) in [4.78, 5) is 0. The second-order valence-electron chi connectivity index (χ2n) is 5.56. The second-order valence-corrected chi connectivity index (χ2v) is 7.36. The van der Waals surface area contributed by atoms with Gasteiger partial charge in [0.1, 0.15) is 0 Å². The van der Waals surface area contributed by atoms with Gasteiger partial charge < -0.3 is 14.6 Å². The van der Waals surface area contributed by atoms with Gasteiger partial charge >= 0.3 is 0 Å². The number of aliphatic hydroxyl groups is 1. The monoisotopic (exact) mass is 349 g/mol. The summed E-state index contributed by atoms with van der Waals surface area (Å²) in [7, 11) is -3.43. The van der Waals surface area contributed by atoms with E-state index >= 15 is 0 Å². The zero-order chi connectivity index (χ0) is 17.0. The summed E-state index contributed by atoms with van der Waals surface area (Å²) in [5.74, 6) is 1.17. The lowest BCUT2D eigenvalue weighted by Gasteiger charge is -2.12. The fourth-order valence-corrected chi connectivity index (χ4v) is 3.65. The molecule has 0 fully saturated rings. The Balaban J connectivity index is 1.52. The van der Waals surface area contributed by atoms with Gasteiger partial charge in [-0.3, -0.25) is 0 Å². The van der Waals surface area contributed by atoms with Crippen LogP contribution in [0.2, 0.25) is 0 Å². The van der Waals surface area contributed by atoms with Gasteiger partial charge in [0.2, 0.25) is 16.8 Å². The van der Waals surface area contributed by atoms with Crippen molar-refractivity contribution >= 4 is 10.0 Å². The van der Waals surface area contributed by atoms with Crippen LogP contribution < -0.4 is 14.2 Å². The average Bonchev–Trinajstić information content (AvgIpc) is 3.02. The molecule has 2 aromatic carbocycles. The molecule has 128 valence electrons. The Kier molecular flexibility index (Phi) is 5.03. The molecule has 0 aliphatic carbocycles. The molecular formula is C17H19NO5S. The minimum absolute atomic E-state index is 0.0754. The maximum absolute atomic E-state index is 12.0. The van der Waals surface area contributed by atoms with Crippen molar-refractivity contribution in [2.24, 2.45) is 0 Å². The molecule has 0 bridgehead atoms. The largest absolute Gasteiger partial charge is 0.454 e. The Morgan fingerprint density at radius 3 is 2.62 bits per heavy atom. The Bertz CT molecular complexity index is 792. The summed E-state index contributed by atoms with van der Waals surface area (Å²) >= 11 is 0. The molecule has 2 aromatic rings. The Labute approximate surface area is 141 Å². The normalized spacial score (nSPS) is 14.5. The van der Waals surface area contributed by atoms with Crippen LogP contribution in [-0.4, -0.2) is 26.9 Å². The van der Waals surface area contributed by atoms with Crippen molar-refractivity contribution in [2.75, 3.05) is 13.3 Å². The van der Waals surface area contributed by atoms with Crippen LogP contribution in [0.3, 0.4) is 0 Å². The molecule has 6 nitrogen and oxygen atoms in total. The van der Waals surface area contributed by atoms with Crippen molar-refractivity contribution < 1.29 is 23.0 Å². The molecule has 24 heavy (non-hydrogen) atoms. The summed E-state index contributed by atoms with van der Waals surface area (Å²) in [6.45, 7) is 0.332. The fraction of sp³-hybridized carbons (Fsp3) is 0.294. The minimum Gasteiger partial charge on any atom is -0.454 e. The number of nitrogens with one attached hydrogen (secondary N) is 1. The van der Waals surface area contributed by atoms with Gasteiger partial charge in [0.15, 0.2) is 11.5 Å². The molecular weight excluding hydrogens is 330 g/mol. The van der Waals surface area contributed by atoms with E-state index in [-0.39, 0.29) is 25.5 Å². The molecule has 1 aliphatic rings. The van der Waals surface area contributed by atoms with Crippen LogP contribution in [0.15, 0.2) is 48.5 Å². The van der Waals surface area contributed by atoms with Crippen LogP contribution in [0.1, 0.15) is 23.7 Å². The molecule has 0 saturated carbocycles. The third-order valence-electron chi connectivity index (χ3n) is 3.72. The summed E-state index contributed by atoms with van der Waals surface area (Å²) in [6, 6.07) is 14.2. The van der Waals surface area contributed by atoms with E-state index in [1.54, 1.807) is 42.5 Å². The Morgan fingerprint density at radius 1 is 1.08 bits per heavy atom. The first-order valence-corrected chi connectivity index (χ1v) is 9.27. The van der Waals surface area contributed by atoms with E-state index < -0.39 is 16.1 Å². The van der Waals surface area contributed by atoms with Crippen LogP contribution in [0.5, 0.6) is 11.5 Å². The van der Waals surface area contributed by atoms with Crippen molar-refractivity contribution in [2.45, 2.75) is 18.3 Å². The molecule has 0 spiro atoms. The van der Waals surface area contributed by atoms with E-state index in [4.69, 9.17) is 9.47 Å². The fourth-order valence-electron chi connectivity index (χ4n) is 2.48. The Hall–Kier alpha value is -2.09. The van der Waals surface area contributed by atoms with Crippen LogP contribution in [0.4, 0.5) is 0 Å². The summed E-state index contributed by atoms with van der Waals surface area (Å²) in [5, 5.41) is 10.2. The van der Waals surface area contributed by atoms with E-state index in [9.17, 15) is 13.5 Å². The molecule has 1 unspecified atom stereocenters. The molecule has 0 saturated heterocycles. The first-order valence-electron chi connectivity index (χ1n) is 7.62. The first-order chi connectivity index (χ1) is 11.5. The van der Waals surface area contributed by atoms with Crippen molar-refractivity contribution in [3.63, 3.8) is 0 Å². The zero-order valence-corrected chi connectivity index (χ0v) is 13.8. The number of rotatable bonds is 7. The molecule has 0 amide bonds. The van der Waals surface area contributed by atoms with E-state index in [0.717, 1.165) is 5.56 Å². The van der Waals surface area contributed by atoms with Gasteiger partial charge in [0, 0.05) is 6.54 Å². The lowest BCUT2D eigenvalue weighted by molar-refractivity contribution is 0.166. The van der Waals surface area contributed by atoms with Crippen LogP contribution in [-0.2, 0) is 15.8 Å². The van der Waals surface area contributed by atoms with Crippen LogP contribution >= 0.6 is 0 Å². The molecule has 0 aromatic heterocycles. The molecule has 1 aliphatic heterocycles. The standard InChI is InChI=1S/C17H19NO5S/c19-15(14-6-7-16-17(10-14)23-12-22-16)8-9-18-24(20,21)11-13-4-2-1-3-5-13/h1-7,10,15,18-19H,8-9,11-12H2. The highest BCUT2D eigenvalue weighted by Gasteiger charge is 2.17. The van der Waals surface area contributed by atoms with Crippen molar-refractivity contribution in [3.05, 3.63) is 59.7 Å². The third-order valence-corrected chi connectivity index (χ3v) is 5.08. The molecule has 1 atom stereocenters. The highest BCUT2D eigenvalue weighted by atomic mass is 32.2. The maximum atomic E-state index is 12.0. The molecule has 3 rings (SSSR count). The number of aliphatic hydroxyl groups excluding tert-OH is 1. The number of ether oxygens (including phenoxy) is 2. The highest BCUT2D eigenvalue weighted by molar-refractivity contribution is 7.88. The van der Waals surface area contributed by atoms with Crippen molar-refractivity contribution in [1.82, 2.24) is 4.72 Å². The third kappa shape index (κ3) is 4.25. The predicted octanol–water partition coefficient (Wildman–Crippen LogP) is 1.96. The maximum Gasteiger partial charge on any atom is 0.231 e. The van der Waals surface area contributed by atoms with Gasteiger partial charge in [-0.2, -0.15) is 0 Å². The van der Waals surface area contributed by atoms with E-state index in [2.05, 4.69) is 4.72 Å². The summed E-state index contributed by atoms with van der Waals surface area (Å²) in [5.41, 5.74) is 1.39.